The summed E-state index contributed by atoms with van der Waals surface area (Å²) in [7, 11) is -6.59. The van der Waals surface area contributed by atoms with Gasteiger partial charge in [-0.3, -0.25) is 4.79 Å². The van der Waals surface area contributed by atoms with E-state index in [0.29, 0.717) is 18.4 Å². The molecular formula is C23H28N2O5S2. The summed E-state index contributed by atoms with van der Waals surface area (Å²) < 4.78 is 51.4. The second-order valence-corrected chi connectivity index (χ2v) is 13.0. The monoisotopic (exact) mass is 476 g/mol. The average Bonchev–Trinajstić information content (AvgIpc) is 3.10. The Hall–Kier alpha value is -2.23. The molecule has 2 aromatic carbocycles. The summed E-state index contributed by atoms with van der Waals surface area (Å²) in [4.78, 5) is 12.5. The highest BCUT2D eigenvalue weighted by Crippen LogP contribution is 2.38. The Labute approximate surface area is 189 Å². The van der Waals surface area contributed by atoms with E-state index in [1.54, 1.807) is 28.6 Å². The van der Waals surface area contributed by atoms with Crippen LogP contribution >= 0.6 is 0 Å². The Balaban J connectivity index is 1.45. The number of carbonyl (C=O) groups excluding carboxylic acids is 1. The summed E-state index contributed by atoms with van der Waals surface area (Å²) in [5.74, 6) is -0.241. The maximum Gasteiger partial charge on any atom is 0.251 e. The molecule has 0 bridgehead atoms. The number of sulfone groups is 1. The topological polar surface area (TPSA) is 101 Å². The molecule has 2 fully saturated rings. The van der Waals surface area contributed by atoms with Gasteiger partial charge in [-0.05, 0) is 49.4 Å². The number of hydrogen-bond acceptors (Lipinski definition) is 5. The van der Waals surface area contributed by atoms with E-state index in [2.05, 4.69) is 5.32 Å². The summed E-state index contributed by atoms with van der Waals surface area (Å²) in [6, 6.07) is 15.7. The highest BCUT2D eigenvalue weighted by molar-refractivity contribution is 7.91. The average molecular weight is 477 g/mol. The van der Waals surface area contributed by atoms with E-state index in [-0.39, 0.29) is 36.0 Å². The van der Waals surface area contributed by atoms with Crippen LogP contribution in [0.4, 0.5) is 0 Å². The zero-order chi connectivity index (χ0) is 22.9. The van der Waals surface area contributed by atoms with Gasteiger partial charge >= 0.3 is 0 Å². The predicted octanol–water partition coefficient (Wildman–Crippen LogP) is 2.66. The summed E-state index contributed by atoms with van der Waals surface area (Å²) in [6.07, 6.45) is 1.81. The lowest BCUT2D eigenvalue weighted by molar-refractivity contribution is 0.0941. The third kappa shape index (κ3) is 4.89. The summed E-state index contributed by atoms with van der Waals surface area (Å²) in [6.45, 7) is 2.17. The quantitative estimate of drug-likeness (QED) is 0.715. The molecule has 1 amide bonds. The minimum Gasteiger partial charge on any atom is -0.348 e. The van der Waals surface area contributed by atoms with Gasteiger partial charge in [0.25, 0.3) is 5.91 Å². The number of benzene rings is 2. The van der Waals surface area contributed by atoms with Crippen LogP contribution in [0.5, 0.6) is 0 Å². The van der Waals surface area contributed by atoms with Gasteiger partial charge in [-0.25, -0.2) is 16.8 Å². The molecule has 0 radical (unpaired) electrons. The maximum atomic E-state index is 13.4. The van der Waals surface area contributed by atoms with Crippen LogP contribution in [0.3, 0.4) is 0 Å². The number of carbonyl (C=O) groups is 1. The number of nitrogens with zero attached hydrogens (tertiary/aromatic N) is 1. The van der Waals surface area contributed by atoms with Crippen molar-refractivity contribution in [1.82, 2.24) is 9.62 Å². The predicted molar refractivity (Wildman–Crippen MR) is 123 cm³/mol. The van der Waals surface area contributed by atoms with Gasteiger partial charge in [-0.2, -0.15) is 4.31 Å². The molecule has 2 heterocycles. The van der Waals surface area contributed by atoms with Crippen molar-refractivity contribution in [1.29, 1.82) is 0 Å². The van der Waals surface area contributed by atoms with E-state index in [4.69, 9.17) is 0 Å². The van der Waals surface area contributed by atoms with Crippen molar-refractivity contribution in [3.63, 3.8) is 0 Å². The van der Waals surface area contributed by atoms with Gasteiger partial charge in [0.05, 0.1) is 11.5 Å². The Kier molecular flexibility index (Phi) is 6.42. The summed E-state index contributed by atoms with van der Waals surface area (Å²) in [5.41, 5.74) is 2.04. The molecule has 0 aromatic heterocycles. The van der Waals surface area contributed by atoms with Gasteiger partial charge in [0.1, 0.15) is 5.25 Å². The molecule has 4 rings (SSSR count). The second kappa shape index (κ2) is 8.96. The standard InChI is InChI=1S/C23H28N2O5S2/c1-17-7-12-22(19-5-3-2-4-6-19)32(29,30)25(17)15-18-8-10-20(11-9-18)23(26)24-21-13-14-31(27,28)16-21/h2-6,8-11,17,21-22H,7,12-16H2,1H3,(H,24,26)/t17-,21?,22?/m0/s1. The van der Waals surface area contributed by atoms with Gasteiger partial charge in [-0.1, -0.05) is 42.5 Å². The molecule has 2 unspecified atom stereocenters. The van der Waals surface area contributed by atoms with E-state index in [1.165, 1.54) is 0 Å². The normalized spacial score (nSPS) is 27.1. The highest BCUT2D eigenvalue weighted by Gasteiger charge is 2.40. The Morgan fingerprint density at radius 3 is 2.28 bits per heavy atom. The molecule has 7 nitrogen and oxygen atoms in total. The lowest BCUT2D eigenvalue weighted by Gasteiger charge is -2.37. The van der Waals surface area contributed by atoms with E-state index < -0.39 is 25.1 Å². The Bertz CT molecular complexity index is 1180. The fourth-order valence-corrected chi connectivity index (χ4v) is 8.34. The summed E-state index contributed by atoms with van der Waals surface area (Å²) >= 11 is 0. The van der Waals surface area contributed by atoms with Gasteiger partial charge in [0, 0.05) is 24.2 Å². The molecule has 2 aromatic rings. The fourth-order valence-electron chi connectivity index (χ4n) is 4.47. The molecule has 2 aliphatic rings. The van der Waals surface area contributed by atoms with Crippen molar-refractivity contribution in [2.45, 2.75) is 50.1 Å². The first-order valence-electron chi connectivity index (χ1n) is 10.8. The van der Waals surface area contributed by atoms with Crippen molar-refractivity contribution in [2.24, 2.45) is 0 Å². The molecule has 0 aliphatic carbocycles. The van der Waals surface area contributed by atoms with Crippen LogP contribution in [0.2, 0.25) is 0 Å². The van der Waals surface area contributed by atoms with Crippen LogP contribution in [-0.2, 0) is 26.4 Å². The van der Waals surface area contributed by atoms with E-state index >= 15 is 0 Å². The maximum absolute atomic E-state index is 13.4. The van der Waals surface area contributed by atoms with Crippen molar-refractivity contribution in [2.75, 3.05) is 11.5 Å². The van der Waals surface area contributed by atoms with Crippen LogP contribution in [0.25, 0.3) is 0 Å². The van der Waals surface area contributed by atoms with Crippen LogP contribution in [0.15, 0.2) is 54.6 Å². The number of sulfonamides is 1. The molecule has 1 N–H and O–H groups in total. The fraction of sp³-hybridized carbons (Fsp3) is 0.435. The Morgan fingerprint density at radius 2 is 1.66 bits per heavy atom. The lowest BCUT2D eigenvalue weighted by Crippen LogP contribution is -2.44. The van der Waals surface area contributed by atoms with Crippen LogP contribution in [-0.4, -0.2) is 50.6 Å². The number of nitrogens with one attached hydrogen (secondary N) is 1. The van der Waals surface area contributed by atoms with E-state index in [9.17, 15) is 21.6 Å². The van der Waals surface area contributed by atoms with Gasteiger partial charge in [-0.15, -0.1) is 0 Å². The molecular weight excluding hydrogens is 448 g/mol. The zero-order valence-electron chi connectivity index (χ0n) is 18.0. The second-order valence-electron chi connectivity index (χ2n) is 8.69. The highest BCUT2D eigenvalue weighted by atomic mass is 32.2. The van der Waals surface area contributed by atoms with Crippen molar-refractivity contribution in [3.8, 4) is 0 Å². The number of hydrogen-bond donors (Lipinski definition) is 1. The van der Waals surface area contributed by atoms with Crippen LogP contribution < -0.4 is 5.32 Å². The molecule has 3 atom stereocenters. The largest absolute Gasteiger partial charge is 0.348 e. The first kappa shape index (κ1) is 22.9. The first-order chi connectivity index (χ1) is 15.2. The zero-order valence-corrected chi connectivity index (χ0v) is 19.6. The third-order valence-electron chi connectivity index (χ3n) is 6.32. The minimum absolute atomic E-state index is 0.0237. The van der Waals surface area contributed by atoms with Crippen molar-refractivity contribution >= 4 is 25.8 Å². The van der Waals surface area contributed by atoms with Crippen molar-refractivity contribution in [3.05, 3.63) is 71.3 Å². The SMILES string of the molecule is C[C@H]1CCC(c2ccccc2)S(=O)(=O)N1Cc1ccc(C(=O)NC2CCS(=O)(=O)C2)cc1. The smallest absolute Gasteiger partial charge is 0.251 e. The van der Waals surface area contributed by atoms with E-state index in [1.807, 2.05) is 37.3 Å². The molecule has 0 saturated carbocycles. The molecule has 172 valence electrons. The van der Waals surface area contributed by atoms with Gasteiger partial charge in [0.2, 0.25) is 10.0 Å². The van der Waals surface area contributed by atoms with E-state index in [0.717, 1.165) is 17.5 Å². The van der Waals surface area contributed by atoms with Crippen molar-refractivity contribution < 1.29 is 21.6 Å². The molecule has 0 spiro atoms. The van der Waals surface area contributed by atoms with Gasteiger partial charge < -0.3 is 5.32 Å². The Morgan fingerprint density at radius 1 is 0.969 bits per heavy atom. The van der Waals surface area contributed by atoms with Crippen LogP contribution in [0, 0.1) is 0 Å². The third-order valence-corrected chi connectivity index (χ3v) is 10.5. The first-order valence-corrected chi connectivity index (χ1v) is 14.1. The molecule has 32 heavy (non-hydrogen) atoms. The summed E-state index contributed by atoms with van der Waals surface area (Å²) in [5, 5.41) is 2.22. The molecule has 2 saturated heterocycles. The van der Waals surface area contributed by atoms with Crippen LogP contribution in [0.1, 0.15) is 52.9 Å². The lowest BCUT2D eigenvalue weighted by atomic mass is 10.0. The number of rotatable bonds is 5. The van der Waals surface area contributed by atoms with Gasteiger partial charge in [0.15, 0.2) is 9.84 Å². The molecule has 9 heteroatoms. The molecule has 2 aliphatic heterocycles. The minimum atomic E-state index is -3.52. The number of amides is 1.